The van der Waals surface area contributed by atoms with Gasteiger partial charge in [-0.3, -0.25) is 9.13 Å². The summed E-state index contributed by atoms with van der Waals surface area (Å²) >= 11 is 0. The highest BCUT2D eigenvalue weighted by atomic mass is 16.6. The number of hydrogen-bond donors (Lipinski definition) is 0. The second-order valence-corrected chi connectivity index (χ2v) is 9.23. The molecule has 2 aromatic heterocycles. The summed E-state index contributed by atoms with van der Waals surface area (Å²) in [6.07, 6.45) is 2.02. The molecule has 2 aromatic carbocycles. The number of carbonyl (C=O) groups excluding carboxylic acids is 1. The zero-order valence-corrected chi connectivity index (χ0v) is 18.5. The molecule has 0 saturated carbocycles. The first-order valence-corrected chi connectivity index (χ1v) is 10.9. The van der Waals surface area contributed by atoms with Gasteiger partial charge in [-0.15, -0.1) is 0 Å². The van der Waals surface area contributed by atoms with Crippen LogP contribution >= 0.6 is 0 Å². The third-order valence-electron chi connectivity index (χ3n) is 5.80. The van der Waals surface area contributed by atoms with Crippen LogP contribution in [0.2, 0.25) is 0 Å². The first kappa shape index (κ1) is 20.3. The van der Waals surface area contributed by atoms with Crippen molar-refractivity contribution in [1.29, 1.82) is 0 Å². The van der Waals surface area contributed by atoms with E-state index in [-0.39, 0.29) is 17.8 Å². The van der Waals surface area contributed by atoms with Crippen molar-refractivity contribution in [2.24, 2.45) is 0 Å². The van der Waals surface area contributed by atoms with Crippen molar-refractivity contribution in [3.05, 3.63) is 71.3 Å². The fourth-order valence-corrected chi connectivity index (χ4v) is 4.39. The van der Waals surface area contributed by atoms with Crippen LogP contribution < -0.4 is 5.69 Å². The van der Waals surface area contributed by atoms with E-state index in [9.17, 15) is 9.59 Å². The monoisotopic (exact) mass is 430 g/mol. The lowest BCUT2D eigenvalue weighted by atomic mass is 10.1. The second kappa shape index (κ2) is 7.51. The molecule has 0 aliphatic carbocycles. The van der Waals surface area contributed by atoms with E-state index in [1.54, 1.807) is 20.2 Å². The standard InChI is InChI=1S/C25H26N4O3/c1-25(2,3)32-24(31)27-14-12-20(16-27)29-22-21(9-6-13-26-22)28(23(29)30)19-11-10-17-7-4-5-8-18(17)15-19/h4-11,13,15,20H,12,14,16H2,1-3H3. The predicted octanol–water partition coefficient (Wildman–Crippen LogP) is 4.52. The van der Waals surface area contributed by atoms with Gasteiger partial charge in [0.05, 0.1) is 17.2 Å². The Kier molecular flexibility index (Phi) is 4.77. The van der Waals surface area contributed by atoms with Crippen LogP contribution in [0.1, 0.15) is 33.2 Å². The van der Waals surface area contributed by atoms with Gasteiger partial charge in [-0.05, 0) is 62.2 Å². The first-order valence-electron chi connectivity index (χ1n) is 10.9. The Balaban J connectivity index is 1.56. The number of rotatable bonds is 2. The van der Waals surface area contributed by atoms with Crippen LogP contribution in [-0.4, -0.2) is 43.8 Å². The van der Waals surface area contributed by atoms with Gasteiger partial charge >= 0.3 is 11.8 Å². The molecule has 4 aromatic rings. The summed E-state index contributed by atoms with van der Waals surface area (Å²) in [4.78, 5) is 32.4. The molecular weight excluding hydrogens is 404 g/mol. The highest BCUT2D eigenvalue weighted by Crippen LogP contribution is 2.27. The number of fused-ring (bicyclic) bond motifs is 2. The van der Waals surface area contributed by atoms with Crippen LogP contribution in [0.3, 0.4) is 0 Å². The summed E-state index contributed by atoms with van der Waals surface area (Å²) in [5, 5.41) is 2.19. The number of carbonyl (C=O) groups is 1. The Morgan fingerprint density at radius 2 is 1.84 bits per heavy atom. The van der Waals surface area contributed by atoms with Crippen molar-refractivity contribution in [2.45, 2.75) is 38.8 Å². The molecule has 164 valence electrons. The van der Waals surface area contributed by atoms with E-state index in [0.717, 1.165) is 22.0 Å². The van der Waals surface area contributed by atoms with Crippen molar-refractivity contribution in [2.75, 3.05) is 13.1 Å². The fourth-order valence-electron chi connectivity index (χ4n) is 4.39. The molecule has 1 atom stereocenters. The Labute approximate surface area is 185 Å². The summed E-state index contributed by atoms with van der Waals surface area (Å²) < 4.78 is 8.96. The van der Waals surface area contributed by atoms with Gasteiger partial charge in [0.25, 0.3) is 0 Å². The van der Waals surface area contributed by atoms with Gasteiger partial charge in [0.1, 0.15) is 5.60 Å². The number of nitrogens with zero attached hydrogens (tertiary/aromatic N) is 4. The van der Waals surface area contributed by atoms with Gasteiger partial charge in [-0.2, -0.15) is 0 Å². The largest absolute Gasteiger partial charge is 0.444 e. The van der Waals surface area contributed by atoms with Crippen LogP contribution in [0.25, 0.3) is 27.6 Å². The molecule has 0 radical (unpaired) electrons. The minimum atomic E-state index is -0.556. The topological polar surface area (TPSA) is 69.4 Å². The number of aromatic nitrogens is 3. The van der Waals surface area contributed by atoms with Crippen molar-refractivity contribution in [1.82, 2.24) is 19.0 Å². The highest BCUT2D eigenvalue weighted by molar-refractivity contribution is 5.85. The average molecular weight is 431 g/mol. The lowest BCUT2D eigenvalue weighted by Gasteiger charge is -2.24. The third kappa shape index (κ3) is 3.53. The van der Waals surface area contributed by atoms with Crippen molar-refractivity contribution < 1.29 is 9.53 Å². The number of ether oxygens (including phenoxy) is 1. The summed E-state index contributed by atoms with van der Waals surface area (Å²) in [7, 11) is 0. The summed E-state index contributed by atoms with van der Waals surface area (Å²) in [6, 6.07) is 17.7. The molecule has 1 saturated heterocycles. The number of amides is 1. The average Bonchev–Trinajstić information content (AvgIpc) is 3.34. The molecule has 1 amide bonds. The van der Waals surface area contributed by atoms with E-state index in [1.165, 1.54) is 0 Å². The van der Waals surface area contributed by atoms with E-state index in [2.05, 4.69) is 11.1 Å². The van der Waals surface area contributed by atoms with Crippen molar-refractivity contribution in [3.8, 4) is 5.69 Å². The third-order valence-corrected chi connectivity index (χ3v) is 5.80. The van der Waals surface area contributed by atoms with Crippen LogP contribution in [-0.2, 0) is 4.74 Å². The van der Waals surface area contributed by atoms with Gasteiger partial charge in [0.15, 0.2) is 5.65 Å². The smallest absolute Gasteiger partial charge is 0.410 e. The van der Waals surface area contributed by atoms with E-state index in [4.69, 9.17) is 4.74 Å². The maximum absolute atomic E-state index is 13.7. The fraction of sp³-hybridized carbons (Fsp3) is 0.320. The SMILES string of the molecule is CC(C)(C)OC(=O)N1CCC(n2c(=O)n(-c3ccc4ccccc4c3)c3cccnc32)C1. The Morgan fingerprint density at radius 3 is 2.62 bits per heavy atom. The molecule has 5 rings (SSSR count). The Morgan fingerprint density at radius 1 is 1.06 bits per heavy atom. The molecule has 0 spiro atoms. The molecule has 1 aliphatic heterocycles. The van der Waals surface area contributed by atoms with Gasteiger partial charge in [0.2, 0.25) is 0 Å². The van der Waals surface area contributed by atoms with Crippen LogP contribution in [0.15, 0.2) is 65.6 Å². The zero-order chi connectivity index (χ0) is 22.5. The predicted molar refractivity (Wildman–Crippen MR) is 124 cm³/mol. The number of pyridine rings is 1. The van der Waals surface area contributed by atoms with Crippen LogP contribution in [0.4, 0.5) is 4.79 Å². The van der Waals surface area contributed by atoms with Gasteiger partial charge in [-0.25, -0.2) is 14.6 Å². The quantitative estimate of drug-likeness (QED) is 0.469. The first-order chi connectivity index (χ1) is 15.3. The number of likely N-dealkylation sites (tertiary alicyclic amines) is 1. The van der Waals surface area contributed by atoms with E-state index in [1.807, 2.05) is 69.3 Å². The van der Waals surface area contributed by atoms with Crippen LogP contribution in [0, 0.1) is 0 Å². The van der Waals surface area contributed by atoms with Crippen molar-refractivity contribution in [3.63, 3.8) is 0 Å². The van der Waals surface area contributed by atoms with E-state index >= 15 is 0 Å². The summed E-state index contributed by atoms with van der Waals surface area (Å²) in [5.41, 5.74) is 1.47. The molecule has 1 aliphatic rings. The zero-order valence-electron chi connectivity index (χ0n) is 18.5. The van der Waals surface area contributed by atoms with E-state index in [0.29, 0.717) is 25.2 Å². The molecule has 7 nitrogen and oxygen atoms in total. The van der Waals surface area contributed by atoms with Crippen molar-refractivity contribution >= 4 is 28.0 Å². The molecular formula is C25H26N4O3. The molecule has 7 heteroatoms. The lowest BCUT2D eigenvalue weighted by Crippen LogP contribution is -2.36. The maximum atomic E-state index is 13.7. The number of hydrogen-bond acceptors (Lipinski definition) is 4. The molecule has 1 fully saturated rings. The Hall–Kier alpha value is -3.61. The minimum Gasteiger partial charge on any atom is -0.444 e. The molecule has 32 heavy (non-hydrogen) atoms. The molecule has 0 N–H and O–H groups in total. The molecule has 3 heterocycles. The second-order valence-electron chi connectivity index (χ2n) is 9.23. The van der Waals surface area contributed by atoms with Crippen LogP contribution in [0.5, 0.6) is 0 Å². The lowest BCUT2D eigenvalue weighted by molar-refractivity contribution is 0.0289. The van der Waals surface area contributed by atoms with Gasteiger partial charge in [-0.1, -0.05) is 30.3 Å². The summed E-state index contributed by atoms with van der Waals surface area (Å²) in [5.74, 6) is 0. The minimum absolute atomic E-state index is 0.148. The normalized spacial score (nSPS) is 16.7. The van der Waals surface area contributed by atoms with Gasteiger partial charge in [0, 0.05) is 19.3 Å². The van der Waals surface area contributed by atoms with E-state index < -0.39 is 5.60 Å². The maximum Gasteiger partial charge on any atom is 0.410 e. The van der Waals surface area contributed by atoms with Gasteiger partial charge < -0.3 is 9.64 Å². The highest BCUT2D eigenvalue weighted by Gasteiger charge is 2.33. The molecule has 0 bridgehead atoms. The number of benzene rings is 2. The number of imidazole rings is 1. The summed E-state index contributed by atoms with van der Waals surface area (Å²) in [6.45, 7) is 6.52. The molecule has 1 unspecified atom stereocenters. The Bertz CT molecular complexity index is 1380.